The number of ketones is 1. The first-order valence-corrected chi connectivity index (χ1v) is 10.7. The van der Waals surface area contributed by atoms with E-state index in [2.05, 4.69) is 41.2 Å². The molecule has 1 N–H and O–H groups in total. The number of H-pyrrole nitrogens is 1. The van der Waals surface area contributed by atoms with Crippen molar-refractivity contribution in [3.05, 3.63) is 77.2 Å². The Balaban J connectivity index is 1.76. The van der Waals surface area contributed by atoms with E-state index in [4.69, 9.17) is 0 Å². The molecule has 0 saturated heterocycles. The second-order valence-corrected chi connectivity index (χ2v) is 8.41. The van der Waals surface area contributed by atoms with Gasteiger partial charge in [-0.15, -0.1) is 0 Å². The number of thioether (sulfide) groups is 1. The zero-order valence-electron chi connectivity index (χ0n) is 15.6. The summed E-state index contributed by atoms with van der Waals surface area (Å²) < 4.78 is 0. The number of benzene rings is 1. The number of aromatic amines is 1. The second kappa shape index (κ2) is 8.13. The van der Waals surface area contributed by atoms with Crippen molar-refractivity contribution < 1.29 is 4.79 Å². The Bertz CT molecular complexity index is 918. The molecule has 2 heterocycles. The summed E-state index contributed by atoms with van der Waals surface area (Å²) in [6.07, 6.45) is 6.01. The summed E-state index contributed by atoms with van der Waals surface area (Å²) in [7, 11) is 0. The number of pyridine rings is 1. The number of aromatic nitrogens is 2. The molecule has 0 fully saturated rings. The van der Waals surface area contributed by atoms with Crippen molar-refractivity contribution in [3.8, 4) is 11.3 Å². The molecule has 3 aromatic rings. The zero-order valence-corrected chi connectivity index (χ0v) is 16.4. The number of rotatable bonds is 6. The van der Waals surface area contributed by atoms with E-state index in [1.165, 1.54) is 5.56 Å². The number of nitrogens with zero attached hydrogens (tertiary/aromatic N) is 1. The summed E-state index contributed by atoms with van der Waals surface area (Å²) >= 11 is 1.93. The third-order valence-corrected chi connectivity index (χ3v) is 6.29. The monoisotopic (exact) mass is 376 g/mol. The van der Waals surface area contributed by atoms with E-state index in [0.717, 1.165) is 52.4 Å². The van der Waals surface area contributed by atoms with Crippen molar-refractivity contribution in [1.29, 1.82) is 0 Å². The van der Waals surface area contributed by atoms with Gasteiger partial charge in [0.25, 0.3) is 0 Å². The fourth-order valence-electron chi connectivity index (χ4n) is 3.95. The minimum Gasteiger partial charge on any atom is -0.358 e. The van der Waals surface area contributed by atoms with Gasteiger partial charge in [-0.2, -0.15) is 11.8 Å². The van der Waals surface area contributed by atoms with Gasteiger partial charge in [0.15, 0.2) is 5.78 Å². The molecular formula is C23H24N2OS. The predicted octanol–water partition coefficient (Wildman–Crippen LogP) is 5.17. The van der Waals surface area contributed by atoms with Crippen LogP contribution in [0, 0.1) is 5.92 Å². The van der Waals surface area contributed by atoms with Crippen LogP contribution in [0.4, 0.5) is 0 Å². The quantitative estimate of drug-likeness (QED) is 0.646. The van der Waals surface area contributed by atoms with Gasteiger partial charge in [0.2, 0.25) is 0 Å². The standard InChI is InChI=1S/C23H24N2OS/c1-2-27-15-17-13-20-22(21(26)14-17)19(12-16-6-4-3-5-7-16)23(25-20)18-8-10-24-11-9-18/h3-11,17,25H,2,12-15H2,1H3. The molecule has 0 bridgehead atoms. The van der Waals surface area contributed by atoms with Gasteiger partial charge in [0.05, 0.1) is 5.69 Å². The smallest absolute Gasteiger partial charge is 0.165 e. The van der Waals surface area contributed by atoms with Gasteiger partial charge in [-0.1, -0.05) is 37.3 Å². The molecule has 3 nitrogen and oxygen atoms in total. The van der Waals surface area contributed by atoms with Gasteiger partial charge in [0, 0.05) is 42.1 Å². The van der Waals surface area contributed by atoms with Crippen LogP contribution in [0.2, 0.25) is 0 Å². The number of Topliss-reactive ketones (excluding diaryl/α,β-unsaturated/α-hetero) is 1. The van der Waals surface area contributed by atoms with E-state index < -0.39 is 0 Å². The van der Waals surface area contributed by atoms with E-state index >= 15 is 0 Å². The molecule has 1 aromatic carbocycles. The van der Waals surface area contributed by atoms with E-state index in [-0.39, 0.29) is 0 Å². The Morgan fingerprint density at radius 2 is 1.89 bits per heavy atom. The summed E-state index contributed by atoms with van der Waals surface area (Å²) in [6.45, 7) is 2.18. The Morgan fingerprint density at radius 3 is 2.63 bits per heavy atom. The van der Waals surface area contributed by atoms with Gasteiger partial charge in [0.1, 0.15) is 0 Å². The van der Waals surface area contributed by atoms with Crippen LogP contribution in [0.15, 0.2) is 54.9 Å². The molecule has 27 heavy (non-hydrogen) atoms. The first kappa shape index (κ1) is 18.1. The van der Waals surface area contributed by atoms with Gasteiger partial charge < -0.3 is 4.98 Å². The van der Waals surface area contributed by atoms with Crippen LogP contribution in [0.3, 0.4) is 0 Å². The van der Waals surface area contributed by atoms with Crippen LogP contribution >= 0.6 is 11.8 Å². The molecule has 0 saturated carbocycles. The molecule has 4 rings (SSSR count). The highest BCUT2D eigenvalue weighted by Crippen LogP contribution is 2.36. The fourth-order valence-corrected chi connectivity index (χ4v) is 4.76. The molecule has 1 unspecified atom stereocenters. The number of fused-ring (bicyclic) bond motifs is 1. The van der Waals surface area contributed by atoms with Gasteiger partial charge >= 0.3 is 0 Å². The van der Waals surface area contributed by atoms with Crippen LogP contribution in [-0.4, -0.2) is 27.3 Å². The number of nitrogens with one attached hydrogen (secondary N) is 1. The molecule has 1 aliphatic rings. The average molecular weight is 377 g/mol. The molecule has 0 radical (unpaired) electrons. The van der Waals surface area contributed by atoms with Crippen LogP contribution in [-0.2, 0) is 12.8 Å². The molecule has 1 aliphatic carbocycles. The summed E-state index contributed by atoms with van der Waals surface area (Å²) in [5.74, 6) is 2.88. The third-order valence-electron chi connectivity index (χ3n) is 5.18. The van der Waals surface area contributed by atoms with Crippen molar-refractivity contribution in [2.45, 2.75) is 26.2 Å². The van der Waals surface area contributed by atoms with E-state index in [1.54, 1.807) is 0 Å². The van der Waals surface area contributed by atoms with Crippen molar-refractivity contribution in [2.24, 2.45) is 5.92 Å². The Labute approximate surface area is 164 Å². The Kier molecular flexibility index (Phi) is 5.44. The highest BCUT2D eigenvalue weighted by molar-refractivity contribution is 7.99. The first-order valence-electron chi connectivity index (χ1n) is 9.55. The molecule has 0 aliphatic heterocycles. The maximum atomic E-state index is 13.1. The zero-order chi connectivity index (χ0) is 18.6. The summed E-state index contributed by atoms with van der Waals surface area (Å²) in [6, 6.07) is 14.4. The minimum absolute atomic E-state index is 0.292. The maximum absolute atomic E-state index is 13.1. The lowest BCUT2D eigenvalue weighted by atomic mass is 9.84. The number of hydrogen-bond acceptors (Lipinski definition) is 3. The first-order chi connectivity index (χ1) is 13.3. The van der Waals surface area contributed by atoms with E-state index in [0.29, 0.717) is 18.1 Å². The van der Waals surface area contributed by atoms with Crippen LogP contribution in [0.25, 0.3) is 11.3 Å². The molecule has 0 amide bonds. The van der Waals surface area contributed by atoms with Crippen molar-refractivity contribution in [3.63, 3.8) is 0 Å². The van der Waals surface area contributed by atoms with Gasteiger partial charge in [-0.25, -0.2) is 0 Å². The topological polar surface area (TPSA) is 45.8 Å². The van der Waals surface area contributed by atoms with Crippen LogP contribution in [0.5, 0.6) is 0 Å². The molecule has 0 spiro atoms. The highest BCUT2D eigenvalue weighted by Gasteiger charge is 2.31. The number of carbonyl (C=O) groups is 1. The minimum atomic E-state index is 0.292. The maximum Gasteiger partial charge on any atom is 0.165 e. The van der Waals surface area contributed by atoms with Crippen molar-refractivity contribution >= 4 is 17.5 Å². The molecule has 138 valence electrons. The Morgan fingerprint density at radius 1 is 1.11 bits per heavy atom. The van der Waals surface area contributed by atoms with E-state index in [1.807, 2.05) is 42.4 Å². The lowest BCUT2D eigenvalue weighted by Gasteiger charge is -2.21. The summed E-state index contributed by atoms with van der Waals surface area (Å²) in [5, 5.41) is 0. The summed E-state index contributed by atoms with van der Waals surface area (Å²) in [5.41, 5.74) is 6.58. The van der Waals surface area contributed by atoms with Crippen molar-refractivity contribution in [2.75, 3.05) is 11.5 Å². The molecule has 1 atom stereocenters. The SMILES string of the molecule is CCSCC1CC(=O)c2c([nH]c(-c3ccncc3)c2Cc2ccccc2)C1. The number of carbonyl (C=O) groups excluding carboxylic acids is 1. The molecule has 2 aromatic heterocycles. The lowest BCUT2D eigenvalue weighted by molar-refractivity contribution is 0.0953. The number of hydrogen-bond donors (Lipinski definition) is 1. The van der Waals surface area contributed by atoms with Crippen molar-refractivity contribution in [1.82, 2.24) is 9.97 Å². The second-order valence-electron chi connectivity index (χ2n) is 7.09. The van der Waals surface area contributed by atoms with Crippen LogP contribution < -0.4 is 0 Å². The van der Waals surface area contributed by atoms with Gasteiger partial charge in [-0.05, 0) is 47.1 Å². The highest BCUT2D eigenvalue weighted by atomic mass is 32.2. The molecular weight excluding hydrogens is 352 g/mol. The van der Waals surface area contributed by atoms with E-state index in [9.17, 15) is 4.79 Å². The van der Waals surface area contributed by atoms with Gasteiger partial charge in [-0.3, -0.25) is 9.78 Å². The largest absolute Gasteiger partial charge is 0.358 e. The average Bonchev–Trinajstić information content (AvgIpc) is 3.06. The summed E-state index contributed by atoms with van der Waals surface area (Å²) in [4.78, 5) is 20.8. The third kappa shape index (κ3) is 3.86. The molecule has 4 heteroatoms. The van der Waals surface area contributed by atoms with Crippen LogP contribution in [0.1, 0.15) is 40.5 Å². The lowest BCUT2D eigenvalue weighted by Crippen LogP contribution is -2.22. The fraction of sp³-hybridized carbons (Fsp3) is 0.304. The Hall–Kier alpha value is -2.33. The predicted molar refractivity (Wildman–Crippen MR) is 112 cm³/mol. The normalized spacial score (nSPS) is 16.3.